The molecule has 0 saturated heterocycles. The second-order valence-electron chi connectivity index (χ2n) is 5.71. The zero-order valence-electron chi connectivity index (χ0n) is 13.5. The quantitative estimate of drug-likeness (QED) is 0.473. The molecule has 0 radical (unpaired) electrons. The minimum absolute atomic E-state index is 0.0626. The van der Waals surface area contributed by atoms with Crippen molar-refractivity contribution in [1.29, 1.82) is 0 Å². The lowest BCUT2D eigenvalue weighted by molar-refractivity contribution is 0.466. The van der Waals surface area contributed by atoms with E-state index in [0.717, 1.165) is 21.0 Å². The number of thiazole rings is 1. The average Bonchev–Trinajstić information content (AvgIpc) is 3.32. The van der Waals surface area contributed by atoms with Crippen LogP contribution in [0.25, 0.3) is 22.1 Å². The average molecular weight is 376 g/mol. The van der Waals surface area contributed by atoms with Crippen molar-refractivity contribution >= 4 is 45.2 Å². The SMILES string of the molecule is O=c1/c(=C/c2ccc(Sc3ccccc3)o2)sc2nc3ccccc3n12. The number of nitrogens with zero attached hydrogens (tertiary/aromatic N) is 2. The van der Waals surface area contributed by atoms with Crippen LogP contribution in [0.15, 0.2) is 85.9 Å². The molecule has 0 aliphatic heterocycles. The summed E-state index contributed by atoms with van der Waals surface area (Å²) >= 11 is 2.93. The molecular formula is C20H12N2O2S2. The summed E-state index contributed by atoms with van der Waals surface area (Å²) in [6, 6.07) is 21.5. The molecular weight excluding hydrogens is 364 g/mol. The van der Waals surface area contributed by atoms with Crippen LogP contribution < -0.4 is 10.1 Å². The third-order valence-electron chi connectivity index (χ3n) is 3.98. The molecule has 0 aliphatic carbocycles. The molecule has 0 spiro atoms. The minimum atomic E-state index is -0.0626. The molecule has 0 atom stereocenters. The van der Waals surface area contributed by atoms with Gasteiger partial charge in [0, 0.05) is 11.0 Å². The van der Waals surface area contributed by atoms with Gasteiger partial charge in [-0.05, 0) is 36.4 Å². The lowest BCUT2D eigenvalue weighted by Crippen LogP contribution is -2.22. The Kier molecular flexibility index (Phi) is 3.65. The van der Waals surface area contributed by atoms with Gasteiger partial charge in [-0.1, -0.05) is 53.4 Å². The topological polar surface area (TPSA) is 47.5 Å². The van der Waals surface area contributed by atoms with Gasteiger partial charge in [-0.3, -0.25) is 4.79 Å². The third-order valence-corrected chi connectivity index (χ3v) is 5.88. The van der Waals surface area contributed by atoms with E-state index in [1.54, 1.807) is 22.2 Å². The molecule has 5 rings (SSSR count). The summed E-state index contributed by atoms with van der Waals surface area (Å²) in [4.78, 5) is 19.1. The van der Waals surface area contributed by atoms with Crippen LogP contribution in [0.5, 0.6) is 0 Å². The highest BCUT2D eigenvalue weighted by Gasteiger charge is 2.11. The van der Waals surface area contributed by atoms with Crippen molar-refractivity contribution in [2.24, 2.45) is 0 Å². The Labute approximate surface area is 156 Å². The fourth-order valence-corrected chi connectivity index (χ4v) is 4.58. The summed E-state index contributed by atoms with van der Waals surface area (Å²) in [5, 5.41) is 0.793. The molecule has 4 nitrogen and oxygen atoms in total. The summed E-state index contributed by atoms with van der Waals surface area (Å²) in [6.07, 6.45) is 1.78. The number of hydrogen-bond acceptors (Lipinski definition) is 5. The second kappa shape index (κ2) is 6.16. The lowest BCUT2D eigenvalue weighted by Gasteiger charge is -1.95. The molecule has 0 unspecified atom stereocenters. The van der Waals surface area contributed by atoms with Gasteiger partial charge in [0.1, 0.15) is 10.3 Å². The maximum Gasteiger partial charge on any atom is 0.275 e. The summed E-state index contributed by atoms with van der Waals surface area (Å²) < 4.78 is 8.13. The van der Waals surface area contributed by atoms with Crippen molar-refractivity contribution in [3.63, 3.8) is 0 Å². The lowest BCUT2D eigenvalue weighted by atomic mass is 10.3. The molecule has 0 bridgehead atoms. The molecule has 2 aromatic carbocycles. The van der Waals surface area contributed by atoms with Gasteiger partial charge in [0.05, 0.1) is 11.0 Å². The van der Waals surface area contributed by atoms with E-state index in [2.05, 4.69) is 4.98 Å². The predicted molar refractivity (Wildman–Crippen MR) is 105 cm³/mol. The molecule has 26 heavy (non-hydrogen) atoms. The number of benzene rings is 2. The van der Waals surface area contributed by atoms with E-state index in [1.807, 2.05) is 66.7 Å². The Morgan fingerprint density at radius 3 is 2.69 bits per heavy atom. The van der Waals surface area contributed by atoms with Crippen LogP contribution in [0, 0.1) is 0 Å². The number of imidazole rings is 1. The van der Waals surface area contributed by atoms with Crippen LogP contribution >= 0.6 is 23.1 Å². The number of para-hydroxylation sites is 2. The van der Waals surface area contributed by atoms with Crippen molar-refractivity contribution in [3.8, 4) is 0 Å². The van der Waals surface area contributed by atoms with E-state index in [9.17, 15) is 4.79 Å². The first-order valence-electron chi connectivity index (χ1n) is 8.02. The van der Waals surface area contributed by atoms with E-state index in [0.29, 0.717) is 15.3 Å². The van der Waals surface area contributed by atoms with E-state index in [-0.39, 0.29) is 5.56 Å². The summed E-state index contributed by atoms with van der Waals surface area (Å²) in [5.74, 6) is 0.661. The van der Waals surface area contributed by atoms with Crippen LogP contribution in [-0.4, -0.2) is 9.38 Å². The molecule has 3 aromatic heterocycles. The first-order valence-corrected chi connectivity index (χ1v) is 9.66. The molecule has 5 aromatic rings. The fourth-order valence-electron chi connectivity index (χ4n) is 2.81. The maximum absolute atomic E-state index is 12.8. The molecule has 0 aliphatic rings. The van der Waals surface area contributed by atoms with Crippen LogP contribution in [-0.2, 0) is 0 Å². The monoisotopic (exact) mass is 376 g/mol. The molecule has 0 saturated carbocycles. The van der Waals surface area contributed by atoms with Gasteiger partial charge in [0.25, 0.3) is 5.56 Å². The molecule has 6 heteroatoms. The Bertz CT molecular complexity index is 1330. The van der Waals surface area contributed by atoms with Crippen molar-refractivity contribution in [2.75, 3.05) is 0 Å². The number of rotatable bonds is 3. The second-order valence-corrected chi connectivity index (χ2v) is 7.79. The van der Waals surface area contributed by atoms with Crippen LogP contribution in [0.4, 0.5) is 0 Å². The maximum atomic E-state index is 12.8. The van der Waals surface area contributed by atoms with E-state index >= 15 is 0 Å². The van der Waals surface area contributed by atoms with Gasteiger partial charge in [-0.2, -0.15) is 0 Å². The molecule has 3 heterocycles. The Morgan fingerprint density at radius 1 is 1.00 bits per heavy atom. The number of fused-ring (bicyclic) bond motifs is 3. The summed E-state index contributed by atoms with van der Waals surface area (Å²) in [6.45, 7) is 0. The van der Waals surface area contributed by atoms with Crippen molar-refractivity contribution in [1.82, 2.24) is 9.38 Å². The third kappa shape index (κ3) is 2.64. The molecule has 0 N–H and O–H groups in total. The van der Waals surface area contributed by atoms with Crippen molar-refractivity contribution < 1.29 is 4.42 Å². The van der Waals surface area contributed by atoms with Gasteiger partial charge in [0.15, 0.2) is 10.1 Å². The fraction of sp³-hybridized carbons (Fsp3) is 0. The van der Waals surface area contributed by atoms with Gasteiger partial charge < -0.3 is 4.42 Å². The van der Waals surface area contributed by atoms with Crippen LogP contribution in [0.1, 0.15) is 5.76 Å². The Balaban J connectivity index is 1.55. The van der Waals surface area contributed by atoms with Crippen molar-refractivity contribution in [3.05, 3.63) is 87.4 Å². The van der Waals surface area contributed by atoms with Crippen LogP contribution in [0.3, 0.4) is 0 Å². The predicted octanol–water partition coefficient (Wildman–Crippen LogP) is 4.20. The van der Waals surface area contributed by atoms with Crippen LogP contribution in [0.2, 0.25) is 0 Å². The normalized spacial score (nSPS) is 12.4. The highest BCUT2D eigenvalue weighted by molar-refractivity contribution is 7.99. The summed E-state index contributed by atoms with van der Waals surface area (Å²) in [5.41, 5.74) is 1.61. The van der Waals surface area contributed by atoms with Gasteiger partial charge in [0.2, 0.25) is 0 Å². The Hall–Kier alpha value is -2.83. The number of furan rings is 1. The number of aromatic nitrogens is 2. The molecule has 0 amide bonds. The molecule has 0 fully saturated rings. The van der Waals surface area contributed by atoms with E-state index in [1.165, 1.54) is 11.3 Å². The highest BCUT2D eigenvalue weighted by atomic mass is 32.2. The van der Waals surface area contributed by atoms with Gasteiger partial charge >= 0.3 is 0 Å². The minimum Gasteiger partial charge on any atom is -0.450 e. The standard InChI is InChI=1S/C20H12N2O2S2/c23-19-17(26-20-21-15-8-4-5-9-16(15)22(19)20)12-13-10-11-18(24-13)25-14-6-2-1-3-7-14/h1-12H/b17-12-. The largest absolute Gasteiger partial charge is 0.450 e. The van der Waals surface area contributed by atoms with E-state index in [4.69, 9.17) is 4.42 Å². The first-order chi connectivity index (χ1) is 12.8. The summed E-state index contributed by atoms with van der Waals surface area (Å²) in [7, 11) is 0. The van der Waals surface area contributed by atoms with Gasteiger partial charge in [-0.25, -0.2) is 9.38 Å². The smallest absolute Gasteiger partial charge is 0.275 e. The number of hydrogen-bond donors (Lipinski definition) is 0. The molecule has 126 valence electrons. The zero-order chi connectivity index (χ0) is 17.5. The highest BCUT2D eigenvalue weighted by Crippen LogP contribution is 2.29. The Morgan fingerprint density at radius 2 is 1.81 bits per heavy atom. The zero-order valence-corrected chi connectivity index (χ0v) is 15.1. The van der Waals surface area contributed by atoms with Crippen molar-refractivity contribution in [2.45, 2.75) is 9.99 Å². The van der Waals surface area contributed by atoms with E-state index < -0.39 is 0 Å². The van der Waals surface area contributed by atoms with Gasteiger partial charge in [-0.15, -0.1) is 0 Å². The first kappa shape index (κ1) is 15.4.